The van der Waals surface area contributed by atoms with Crippen LogP contribution in [0.25, 0.3) is 0 Å². The van der Waals surface area contributed by atoms with Crippen LogP contribution in [0.5, 0.6) is 0 Å². The van der Waals surface area contributed by atoms with Crippen molar-refractivity contribution in [2.75, 3.05) is 0 Å². The van der Waals surface area contributed by atoms with Crippen molar-refractivity contribution < 1.29 is 4.79 Å². The quantitative estimate of drug-likeness (QED) is 0.686. The Kier molecular flexibility index (Phi) is 4.76. The normalized spacial score (nSPS) is 17.7. The van der Waals surface area contributed by atoms with Crippen molar-refractivity contribution in [1.82, 2.24) is 0 Å². The van der Waals surface area contributed by atoms with E-state index in [0.717, 1.165) is 30.4 Å². The van der Waals surface area contributed by atoms with E-state index >= 15 is 0 Å². The lowest BCUT2D eigenvalue weighted by molar-refractivity contribution is 0.102. The Balaban J connectivity index is 1.67. The van der Waals surface area contributed by atoms with Crippen LogP contribution in [-0.2, 0) is 6.42 Å². The van der Waals surface area contributed by atoms with E-state index in [4.69, 9.17) is 0 Å². The van der Waals surface area contributed by atoms with Crippen molar-refractivity contribution in [3.8, 4) is 0 Å². The molecule has 1 heteroatoms. The predicted octanol–water partition coefficient (Wildman–Crippen LogP) is 5.46. The molecule has 0 saturated heterocycles. The highest BCUT2D eigenvalue weighted by atomic mass is 16.1. The van der Waals surface area contributed by atoms with E-state index < -0.39 is 0 Å². The molecule has 1 atom stereocenters. The third kappa shape index (κ3) is 3.98. The van der Waals surface area contributed by atoms with Crippen LogP contribution in [-0.4, -0.2) is 5.78 Å². The lowest BCUT2D eigenvalue weighted by Crippen LogP contribution is -2.15. The van der Waals surface area contributed by atoms with Crippen LogP contribution in [0.15, 0.2) is 60.2 Å². The number of carbonyl (C=O) groups excluding carboxylic acids is 1. The fourth-order valence-electron chi connectivity index (χ4n) is 3.30. The Morgan fingerprint density at radius 2 is 1.57 bits per heavy atom. The molecule has 0 aromatic heterocycles. The molecular formula is C22H24O. The molecule has 0 bridgehead atoms. The van der Waals surface area contributed by atoms with Crippen molar-refractivity contribution in [2.24, 2.45) is 5.92 Å². The molecule has 23 heavy (non-hydrogen) atoms. The maximum Gasteiger partial charge on any atom is 0.188 e. The highest BCUT2D eigenvalue weighted by molar-refractivity contribution is 6.08. The fourth-order valence-corrected chi connectivity index (χ4v) is 3.30. The highest BCUT2D eigenvalue weighted by Gasteiger charge is 2.21. The summed E-state index contributed by atoms with van der Waals surface area (Å²) in [6, 6.07) is 16.7. The Labute approximate surface area is 139 Å². The number of ketones is 1. The van der Waals surface area contributed by atoms with Gasteiger partial charge in [0.05, 0.1) is 0 Å². The van der Waals surface area contributed by atoms with Gasteiger partial charge in [-0.05, 0) is 56.6 Å². The Bertz CT molecular complexity index is 705. The number of Topliss-reactive ketones (excluding diaryl/α,β-unsaturated/α-hetero) is 1. The maximum absolute atomic E-state index is 12.7. The summed E-state index contributed by atoms with van der Waals surface area (Å²) >= 11 is 0. The number of carbonyl (C=O) groups is 1. The number of hydrogen-bond acceptors (Lipinski definition) is 1. The van der Waals surface area contributed by atoms with Crippen molar-refractivity contribution in [3.63, 3.8) is 0 Å². The van der Waals surface area contributed by atoms with Gasteiger partial charge >= 0.3 is 0 Å². The molecule has 0 spiro atoms. The van der Waals surface area contributed by atoms with Crippen LogP contribution in [0.2, 0.25) is 0 Å². The van der Waals surface area contributed by atoms with E-state index in [0.29, 0.717) is 5.92 Å². The van der Waals surface area contributed by atoms with Gasteiger partial charge < -0.3 is 0 Å². The Hall–Kier alpha value is -2.15. The van der Waals surface area contributed by atoms with Crippen LogP contribution in [0.3, 0.4) is 0 Å². The second kappa shape index (κ2) is 6.95. The van der Waals surface area contributed by atoms with Gasteiger partial charge in [-0.1, -0.05) is 65.7 Å². The van der Waals surface area contributed by atoms with Crippen molar-refractivity contribution in [3.05, 3.63) is 82.4 Å². The molecule has 3 rings (SSSR count). The summed E-state index contributed by atoms with van der Waals surface area (Å²) in [5.41, 5.74) is 5.68. The second-order valence-corrected chi connectivity index (χ2v) is 6.76. The molecule has 0 aliphatic heterocycles. The molecule has 1 nitrogen and oxygen atoms in total. The zero-order valence-corrected chi connectivity index (χ0v) is 14.0. The van der Waals surface area contributed by atoms with Crippen molar-refractivity contribution >= 4 is 5.78 Å². The minimum absolute atomic E-state index is 0.207. The standard InChI is InChI=1S/C22H24O/c1-16-6-10-18(11-7-16)14-19-4-3-5-21(15-19)22(23)20-12-8-17(2)9-13-20/h5-13,19H,3-4,14-15H2,1-2H3. The van der Waals surface area contributed by atoms with Gasteiger partial charge in [0.25, 0.3) is 0 Å². The van der Waals surface area contributed by atoms with E-state index in [-0.39, 0.29) is 5.78 Å². The number of aryl methyl sites for hydroxylation is 2. The van der Waals surface area contributed by atoms with E-state index in [9.17, 15) is 4.79 Å². The number of hydrogen-bond donors (Lipinski definition) is 0. The molecule has 0 N–H and O–H groups in total. The van der Waals surface area contributed by atoms with Crippen LogP contribution < -0.4 is 0 Å². The molecule has 0 amide bonds. The third-order valence-electron chi connectivity index (χ3n) is 4.72. The molecule has 118 valence electrons. The Morgan fingerprint density at radius 1 is 0.957 bits per heavy atom. The molecule has 1 aliphatic rings. The number of rotatable bonds is 4. The monoisotopic (exact) mass is 304 g/mol. The minimum Gasteiger partial charge on any atom is -0.289 e. The molecule has 0 heterocycles. The smallest absolute Gasteiger partial charge is 0.188 e. The van der Waals surface area contributed by atoms with Crippen molar-refractivity contribution in [1.29, 1.82) is 0 Å². The minimum atomic E-state index is 0.207. The fraction of sp³-hybridized carbons (Fsp3) is 0.318. The van der Waals surface area contributed by atoms with Gasteiger partial charge in [0.2, 0.25) is 0 Å². The predicted molar refractivity (Wildman–Crippen MR) is 95.8 cm³/mol. The zero-order valence-electron chi connectivity index (χ0n) is 14.0. The lowest BCUT2D eigenvalue weighted by Gasteiger charge is -2.22. The topological polar surface area (TPSA) is 17.1 Å². The second-order valence-electron chi connectivity index (χ2n) is 6.76. The van der Waals surface area contributed by atoms with E-state index in [1.165, 1.54) is 23.1 Å². The van der Waals surface area contributed by atoms with Gasteiger partial charge in [0.1, 0.15) is 0 Å². The van der Waals surface area contributed by atoms with Crippen LogP contribution in [0, 0.1) is 19.8 Å². The third-order valence-corrected chi connectivity index (χ3v) is 4.72. The van der Waals surface area contributed by atoms with Crippen molar-refractivity contribution in [2.45, 2.75) is 39.5 Å². The van der Waals surface area contributed by atoms with Gasteiger partial charge in [-0.2, -0.15) is 0 Å². The summed E-state index contributed by atoms with van der Waals surface area (Å²) in [5, 5.41) is 0. The largest absolute Gasteiger partial charge is 0.289 e. The first-order valence-electron chi connectivity index (χ1n) is 8.48. The Morgan fingerprint density at radius 3 is 2.22 bits per heavy atom. The number of allylic oxidation sites excluding steroid dienone is 2. The summed E-state index contributed by atoms with van der Waals surface area (Å²) in [7, 11) is 0. The maximum atomic E-state index is 12.7. The van der Waals surface area contributed by atoms with Gasteiger partial charge in [0.15, 0.2) is 5.78 Å². The molecular weight excluding hydrogens is 280 g/mol. The molecule has 2 aromatic carbocycles. The molecule has 1 unspecified atom stereocenters. The van der Waals surface area contributed by atoms with Gasteiger partial charge in [-0.25, -0.2) is 0 Å². The molecule has 1 aliphatic carbocycles. The summed E-state index contributed by atoms with van der Waals surface area (Å²) < 4.78 is 0. The average molecular weight is 304 g/mol. The van der Waals surface area contributed by atoms with Gasteiger partial charge in [-0.3, -0.25) is 4.79 Å². The summed E-state index contributed by atoms with van der Waals surface area (Å²) in [6.45, 7) is 4.16. The first-order chi connectivity index (χ1) is 11.1. The van der Waals surface area contributed by atoms with Gasteiger partial charge in [-0.15, -0.1) is 0 Å². The number of benzene rings is 2. The van der Waals surface area contributed by atoms with Crippen LogP contribution in [0.1, 0.15) is 46.3 Å². The highest BCUT2D eigenvalue weighted by Crippen LogP contribution is 2.29. The molecule has 0 saturated carbocycles. The lowest BCUT2D eigenvalue weighted by atomic mass is 9.82. The van der Waals surface area contributed by atoms with E-state index in [1.807, 2.05) is 31.2 Å². The first kappa shape index (κ1) is 15.7. The SMILES string of the molecule is Cc1ccc(CC2CCC=C(C(=O)c3ccc(C)cc3)C2)cc1. The summed E-state index contributed by atoms with van der Waals surface area (Å²) in [6.07, 6.45) is 6.31. The molecule has 0 radical (unpaired) electrons. The molecule has 0 fully saturated rings. The van der Waals surface area contributed by atoms with Crippen LogP contribution in [0.4, 0.5) is 0 Å². The first-order valence-corrected chi connectivity index (χ1v) is 8.48. The molecule has 2 aromatic rings. The zero-order chi connectivity index (χ0) is 16.2. The van der Waals surface area contributed by atoms with E-state index in [2.05, 4.69) is 37.3 Å². The van der Waals surface area contributed by atoms with Crippen LogP contribution >= 0.6 is 0 Å². The van der Waals surface area contributed by atoms with E-state index in [1.54, 1.807) is 0 Å². The summed E-state index contributed by atoms with van der Waals surface area (Å²) in [5.74, 6) is 0.783. The average Bonchev–Trinajstić information content (AvgIpc) is 2.57. The summed E-state index contributed by atoms with van der Waals surface area (Å²) in [4.78, 5) is 12.7. The van der Waals surface area contributed by atoms with Gasteiger partial charge in [0, 0.05) is 5.56 Å².